The Morgan fingerprint density at radius 3 is 2.44 bits per heavy atom. The molecular weight excluding hydrogens is 212 g/mol. The first-order valence-electron chi connectivity index (χ1n) is 5.09. The number of nitrogens with two attached hydrogens (primary N) is 1. The average molecular weight is 232 g/mol. The summed E-state index contributed by atoms with van der Waals surface area (Å²) in [5, 5.41) is 0. The number of hydrazine groups is 1. The van der Waals surface area contributed by atoms with Crippen LogP contribution in [0.1, 0.15) is 13.3 Å². The number of hydrogen-bond donors (Lipinski definition) is 2. The quantitative estimate of drug-likeness (QED) is 0.419. The van der Waals surface area contributed by atoms with E-state index in [1.54, 1.807) is 14.1 Å². The van der Waals surface area contributed by atoms with Gasteiger partial charge in [0.05, 0.1) is 13.0 Å². The third-order valence-corrected chi connectivity index (χ3v) is 2.11. The van der Waals surface area contributed by atoms with Crippen LogP contribution in [0.4, 0.5) is 0 Å². The molecule has 0 bridgehead atoms. The van der Waals surface area contributed by atoms with Crippen molar-refractivity contribution in [3.05, 3.63) is 0 Å². The normalized spacial score (nSPS) is 10.3. The number of nitrogens with zero attached hydrogens (tertiary/aromatic N) is 2. The van der Waals surface area contributed by atoms with Gasteiger partial charge in [-0.2, -0.15) is 0 Å². The summed E-state index contributed by atoms with van der Waals surface area (Å²) in [7, 11) is 3.39. The first-order valence-corrected chi connectivity index (χ1v) is 5.09. The summed E-state index contributed by atoms with van der Waals surface area (Å²) in [4.78, 5) is 30.1. The Balaban J connectivity index is 3.92. The van der Waals surface area contributed by atoms with E-state index in [0.29, 0.717) is 19.6 Å². The van der Waals surface area contributed by atoms with E-state index in [2.05, 4.69) is 4.84 Å². The molecule has 7 nitrogen and oxygen atoms in total. The zero-order valence-corrected chi connectivity index (χ0v) is 10.0. The lowest BCUT2D eigenvalue weighted by molar-refractivity contribution is -0.151. The highest BCUT2D eigenvalue weighted by molar-refractivity contribution is 5.77. The number of nitrogens with one attached hydrogen (secondary N) is 1. The van der Waals surface area contributed by atoms with E-state index in [1.165, 1.54) is 4.90 Å². The first kappa shape index (κ1) is 14.8. The molecule has 0 saturated heterocycles. The van der Waals surface area contributed by atoms with E-state index in [9.17, 15) is 9.59 Å². The molecule has 0 aliphatic rings. The van der Waals surface area contributed by atoms with Crippen molar-refractivity contribution in [2.24, 2.45) is 5.84 Å². The van der Waals surface area contributed by atoms with Crippen LogP contribution in [0.3, 0.4) is 0 Å². The lowest BCUT2D eigenvalue weighted by atomic mass is 10.3. The van der Waals surface area contributed by atoms with Crippen LogP contribution in [0, 0.1) is 0 Å². The van der Waals surface area contributed by atoms with E-state index in [-0.39, 0.29) is 12.3 Å². The summed E-state index contributed by atoms with van der Waals surface area (Å²) < 4.78 is 0. The van der Waals surface area contributed by atoms with Gasteiger partial charge in [-0.3, -0.25) is 14.5 Å². The lowest BCUT2D eigenvalue weighted by Gasteiger charge is -2.21. The Morgan fingerprint density at radius 1 is 1.38 bits per heavy atom. The van der Waals surface area contributed by atoms with Gasteiger partial charge in [-0.15, -0.1) is 0 Å². The van der Waals surface area contributed by atoms with Gasteiger partial charge in [0.2, 0.25) is 5.91 Å². The summed E-state index contributed by atoms with van der Waals surface area (Å²) in [6.07, 6.45) is 0.193. The van der Waals surface area contributed by atoms with E-state index in [0.717, 1.165) is 0 Å². The Morgan fingerprint density at radius 2 is 2.00 bits per heavy atom. The fraction of sp³-hybridized carbons (Fsp3) is 0.778. The Hall–Kier alpha value is -1.18. The van der Waals surface area contributed by atoms with Crippen molar-refractivity contribution in [1.82, 2.24) is 15.4 Å². The Kier molecular flexibility index (Phi) is 7.44. The van der Waals surface area contributed by atoms with Crippen molar-refractivity contribution < 1.29 is 14.4 Å². The molecule has 0 aromatic heterocycles. The fourth-order valence-electron chi connectivity index (χ4n) is 1.05. The molecule has 7 heteroatoms. The maximum atomic E-state index is 11.4. The number of carbonyl (C=O) groups excluding carboxylic acids is 2. The van der Waals surface area contributed by atoms with Gasteiger partial charge in [0.25, 0.3) is 0 Å². The third-order valence-electron chi connectivity index (χ3n) is 2.11. The molecule has 0 saturated carbocycles. The number of carbonyl (C=O) groups is 2. The van der Waals surface area contributed by atoms with Crippen LogP contribution in [-0.4, -0.2) is 55.4 Å². The minimum Gasteiger partial charge on any atom is -0.356 e. The molecule has 1 amide bonds. The highest BCUT2D eigenvalue weighted by atomic mass is 16.7. The standard InChI is InChI=1S/C9H20N4O3/c1-4-13(7-8(14)12(2)3)6-5-9(15)16-11-10/h11H,4-7,10H2,1-3H3. The zero-order chi connectivity index (χ0) is 12.6. The van der Waals surface area contributed by atoms with Gasteiger partial charge in [0.1, 0.15) is 0 Å². The zero-order valence-electron chi connectivity index (χ0n) is 10.0. The van der Waals surface area contributed by atoms with Crippen LogP contribution >= 0.6 is 0 Å². The van der Waals surface area contributed by atoms with Crippen LogP contribution in [0.15, 0.2) is 0 Å². The van der Waals surface area contributed by atoms with Crippen LogP contribution in [0.25, 0.3) is 0 Å². The molecule has 0 aliphatic heterocycles. The monoisotopic (exact) mass is 232 g/mol. The average Bonchev–Trinajstić information content (AvgIpc) is 2.24. The molecule has 3 N–H and O–H groups in total. The highest BCUT2D eigenvalue weighted by Crippen LogP contribution is 1.94. The molecule has 0 spiro atoms. The van der Waals surface area contributed by atoms with Crippen LogP contribution < -0.4 is 11.4 Å². The molecule has 0 aromatic carbocycles. The van der Waals surface area contributed by atoms with Gasteiger partial charge < -0.3 is 9.74 Å². The molecule has 0 atom stereocenters. The van der Waals surface area contributed by atoms with Gasteiger partial charge >= 0.3 is 5.97 Å². The second kappa shape index (κ2) is 8.03. The molecule has 0 heterocycles. The number of hydrogen-bond acceptors (Lipinski definition) is 6. The molecule has 94 valence electrons. The summed E-state index contributed by atoms with van der Waals surface area (Å²) in [6.45, 7) is 3.39. The van der Waals surface area contributed by atoms with Crippen LogP contribution in [-0.2, 0) is 14.4 Å². The molecule has 0 rings (SSSR count). The molecule has 0 aliphatic carbocycles. The van der Waals surface area contributed by atoms with E-state index in [4.69, 9.17) is 5.84 Å². The summed E-state index contributed by atoms with van der Waals surface area (Å²) in [6, 6.07) is 0. The van der Waals surface area contributed by atoms with Crippen molar-refractivity contribution in [1.29, 1.82) is 0 Å². The van der Waals surface area contributed by atoms with Crippen LogP contribution in [0.2, 0.25) is 0 Å². The van der Waals surface area contributed by atoms with Crippen molar-refractivity contribution >= 4 is 11.9 Å². The molecule has 16 heavy (non-hydrogen) atoms. The Bertz CT molecular complexity index is 233. The molecular formula is C9H20N4O3. The Labute approximate surface area is 95.4 Å². The van der Waals surface area contributed by atoms with Crippen molar-refractivity contribution in [2.45, 2.75) is 13.3 Å². The van der Waals surface area contributed by atoms with Crippen molar-refractivity contribution in [2.75, 3.05) is 33.7 Å². The second-order valence-corrected chi connectivity index (χ2v) is 3.50. The van der Waals surface area contributed by atoms with Crippen molar-refractivity contribution in [3.63, 3.8) is 0 Å². The number of rotatable bonds is 7. The SMILES string of the molecule is CCN(CCC(=O)ONN)CC(=O)N(C)C. The summed E-state index contributed by atoms with van der Waals surface area (Å²) >= 11 is 0. The number of likely N-dealkylation sites (N-methyl/N-ethyl adjacent to an activating group) is 2. The molecule has 0 fully saturated rings. The molecule has 0 unspecified atom stereocenters. The molecule has 0 aromatic rings. The van der Waals surface area contributed by atoms with E-state index in [1.807, 2.05) is 17.4 Å². The molecule has 0 radical (unpaired) electrons. The fourth-order valence-corrected chi connectivity index (χ4v) is 1.05. The van der Waals surface area contributed by atoms with Gasteiger partial charge in [0, 0.05) is 20.6 Å². The summed E-state index contributed by atoms with van der Waals surface area (Å²) in [5.74, 6) is 4.38. The third kappa shape index (κ3) is 6.33. The minimum absolute atomic E-state index is 0.00664. The predicted molar refractivity (Wildman–Crippen MR) is 58.8 cm³/mol. The van der Waals surface area contributed by atoms with Gasteiger partial charge in [-0.1, -0.05) is 12.5 Å². The maximum absolute atomic E-state index is 11.4. The van der Waals surface area contributed by atoms with Gasteiger partial charge in [-0.05, 0) is 6.54 Å². The topological polar surface area (TPSA) is 87.9 Å². The first-order chi connectivity index (χ1) is 7.51. The number of amides is 1. The van der Waals surface area contributed by atoms with E-state index < -0.39 is 5.97 Å². The highest BCUT2D eigenvalue weighted by Gasteiger charge is 2.12. The van der Waals surface area contributed by atoms with E-state index >= 15 is 0 Å². The maximum Gasteiger partial charge on any atom is 0.327 e. The minimum atomic E-state index is -0.446. The predicted octanol–water partition coefficient (Wildman–Crippen LogP) is -1.29. The van der Waals surface area contributed by atoms with Crippen LogP contribution in [0.5, 0.6) is 0 Å². The van der Waals surface area contributed by atoms with Crippen molar-refractivity contribution in [3.8, 4) is 0 Å². The lowest BCUT2D eigenvalue weighted by Crippen LogP contribution is -2.38. The largest absolute Gasteiger partial charge is 0.356 e. The van der Waals surface area contributed by atoms with Gasteiger partial charge in [0.15, 0.2) is 0 Å². The van der Waals surface area contributed by atoms with Gasteiger partial charge in [-0.25, -0.2) is 5.84 Å². The summed E-state index contributed by atoms with van der Waals surface area (Å²) in [5.41, 5.74) is 1.82. The smallest absolute Gasteiger partial charge is 0.327 e. The second-order valence-electron chi connectivity index (χ2n) is 3.50.